The predicted molar refractivity (Wildman–Crippen MR) is 93.0 cm³/mol. The van der Waals surface area contributed by atoms with Crippen LogP contribution in [0.15, 0.2) is 34.7 Å². The second kappa shape index (κ2) is 5.89. The number of hydrogen-bond acceptors (Lipinski definition) is 5. The second-order valence-electron chi connectivity index (χ2n) is 5.56. The molecule has 4 rings (SSSR count). The SMILES string of the molecule is COc1ccc2oc(C(=O)Nc3cc4c(cc3Cl)OCO4)c(C)c2c1. The van der Waals surface area contributed by atoms with Crippen LogP contribution < -0.4 is 19.5 Å². The molecule has 1 N–H and O–H groups in total. The number of methoxy groups -OCH3 is 1. The lowest BCUT2D eigenvalue weighted by molar-refractivity contribution is 0.0998. The number of fused-ring (bicyclic) bond motifs is 2. The van der Waals surface area contributed by atoms with Crippen LogP contribution >= 0.6 is 11.6 Å². The van der Waals surface area contributed by atoms with Gasteiger partial charge in [0.1, 0.15) is 11.3 Å². The van der Waals surface area contributed by atoms with Gasteiger partial charge in [0.2, 0.25) is 6.79 Å². The Morgan fingerprint density at radius 3 is 2.72 bits per heavy atom. The van der Waals surface area contributed by atoms with E-state index < -0.39 is 5.91 Å². The normalized spacial score (nSPS) is 12.4. The first kappa shape index (κ1) is 15.7. The van der Waals surface area contributed by atoms with Gasteiger partial charge in [-0.3, -0.25) is 4.79 Å². The minimum atomic E-state index is -0.395. The lowest BCUT2D eigenvalue weighted by Crippen LogP contribution is -2.12. The van der Waals surface area contributed by atoms with Gasteiger partial charge in [-0.1, -0.05) is 11.6 Å². The quantitative estimate of drug-likeness (QED) is 0.751. The smallest absolute Gasteiger partial charge is 0.291 e. The molecule has 7 heteroatoms. The molecule has 0 atom stereocenters. The average molecular weight is 360 g/mol. The number of halogens is 1. The van der Waals surface area contributed by atoms with Gasteiger partial charge in [0.05, 0.1) is 17.8 Å². The number of carbonyl (C=O) groups is 1. The summed E-state index contributed by atoms with van der Waals surface area (Å²) in [6.45, 7) is 1.95. The van der Waals surface area contributed by atoms with E-state index in [4.69, 9.17) is 30.2 Å². The molecule has 0 saturated carbocycles. The van der Waals surface area contributed by atoms with Crippen molar-refractivity contribution in [1.82, 2.24) is 0 Å². The molecule has 3 aromatic rings. The molecule has 25 heavy (non-hydrogen) atoms. The van der Waals surface area contributed by atoms with Crippen LogP contribution in [0.25, 0.3) is 11.0 Å². The molecule has 6 nitrogen and oxygen atoms in total. The van der Waals surface area contributed by atoms with E-state index in [-0.39, 0.29) is 12.6 Å². The number of hydrogen-bond donors (Lipinski definition) is 1. The van der Waals surface area contributed by atoms with Crippen LogP contribution in [0.4, 0.5) is 5.69 Å². The monoisotopic (exact) mass is 359 g/mol. The third kappa shape index (κ3) is 2.64. The van der Waals surface area contributed by atoms with Crippen LogP contribution in [0.2, 0.25) is 5.02 Å². The molecule has 0 bridgehead atoms. The van der Waals surface area contributed by atoms with Gasteiger partial charge in [0.15, 0.2) is 17.3 Å². The van der Waals surface area contributed by atoms with E-state index in [2.05, 4.69) is 5.32 Å². The maximum atomic E-state index is 12.6. The lowest BCUT2D eigenvalue weighted by Gasteiger charge is -2.07. The van der Waals surface area contributed by atoms with Gasteiger partial charge in [0.25, 0.3) is 5.91 Å². The van der Waals surface area contributed by atoms with Crippen molar-refractivity contribution in [2.75, 3.05) is 19.2 Å². The van der Waals surface area contributed by atoms with E-state index in [9.17, 15) is 4.79 Å². The van der Waals surface area contributed by atoms with Gasteiger partial charge in [0, 0.05) is 23.1 Å². The number of aryl methyl sites for hydroxylation is 1. The van der Waals surface area contributed by atoms with E-state index >= 15 is 0 Å². The number of nitrogens with one attached hydrogen (secondary N) is 1. The van der Waals surface area contributed by atoms with Crippen molar-refractivity contribution in [1.29, 1.82) is 0 Å². The molecule has 1 aliphatic heterocycles. The zero-order chi connectivity index (χ0) is 17.6. The van der Waals surface area contributed by atoms with Crippen LogP contribution in [0.1, 0.15) is 16.1 Å². The Balaban J connectivity index is 1.68. The molecule has 128 valence electrons. The number of ether oxygens (including phenoxy) is 3. The maximum absolute atomic E-state index is 12.6. The molecule has 0 aliphatic carbocycles. The third-order valence-electron chi connectivity index (χ3n) is 4.06. The topological polar surface area (TPSA) is 69.9 Å². The summed E-state index contributed by atoms with van der Waals surface area (Å²) in [6, 6.07) is 8.62. The van der Waals surface area contributed by atoms with Crippen LogP contribution in [0.3, 0.4) is 0 Å². The lowest BCUT2D eigenvalue weighted by atomic mass is 10.1. The van der Waals surface area contributed by atoms with Crippen LogP contribution in [-0.4, -0.2) is 19.8 Å². The van der Waals surface area contributed by atoms with E-state index in [1.54, 1.807) is 31.4 Å². The Kier molecular flexibility index (Phi) is 3.69. The summed E-state index contributed by atoms with van der Waals surface area (Å²) in [7, 11) is 1.59. The van der Waals surface area contributed by atoms with Crippen molar-refractivity contribution < 1.29 is 23.4 Å². The Morgan fingerprint density at radius 1 is 1.20 bits per heavy atom. The molecule has 2 heterocycles. The zero-order valence-electron chi connectivity index (χ0n) is 13.5. The molecule has 0 saturated heterocycles. The second-order valence-corrected chi connectivity index (χ2v) is 5.96. The third-order valence-corrected chi connectivity index (χ3v) is 4.37. The number of carbonyl (C=O) groups excluding carboxylic acids is 1. The molecule has 0 spiro atoms. The molecule has 1 aromatic heterocycles. The van der Waals surface area contributed by atoms with Gasteiger partial charge in [-0.15, -0.1) is 0 Å². The summed E-state index contributed by atoms with van der Waals surface area (Å²) in [4.78, 5) is 12.6. The Hall–Kier alpha value is -2.86. The van der Waals surface area contributed by atoms with Crippen molar-refractivity contribution in [2.24, 2.45) is 0 Å². The Morgan fingerprint density at radius 2 is 1.96 bits per heavy atom. The first-order valence-corrected chi connectivity index (χ1v) is 7.92. The van der Waals surface area contributed by atoms with E-state index in [1.807, 2.05) is 13.0 Å². The standard InChI is InChI=1S/C18H14ClNO5/c1-9-11-5-10(22-2)3-4-14(11)25-17(9)18(21)20-13-7-16-15(6-12(13)19)23-8-24-16/h3-7H,8H2,1-2H3,(H,20,21). The summed E-state index contributed by atoms with van der Waals surface area (Å²) in [6.07, 6.45) is 0. The number of amides is 1. The number of furan rings is 1. The van der Waals surface area contributed by atoms with Crippen LogP contribution in [0, 0.1) is 6.92 Å². The molecule has 0 fully saturated rings. The van der Waals surface area contributed by atoms with Gasteiger partial charge < -0.3 is 23.9 Å². The summed E-state index contributed by atoms with van der Waals surface area (Å²) >= 11 is 6.20. The highest BCUT2D eigenvalue weighted by atomic mass is 35.5. The molecule has 2 aromatic carbocycles. The molecule has 0 unspecified atom stereocenters. The van der Waals surface area contributed by atoms with Crippen molar-refractivity contribution >= 4 is 34.2 Å². The summed E-state index contributed by atoms with van der Waals surface area (Å²) in [5.74, 6) is 1.60. The van der Waals surface area contributed by atoms with E-state index in [0.717, 1.165) is 10.9 Å². The minimum absolute atomic E-state index is 0.133. The largest absolute Gasteiger partial charge is 0.497 e. The van der Waals surface area contributed by atoms with Gasteiger partial charge in [-0.2, -0.15) is 0 Å². The van der Waals surface area contributed by atoms with Gasteiger partial charge >= 0.3 is 0 Å². The van der Waals surface area contributed by atoms with Crippen molar-refractivity contribution in [3.8, 4) is 17.2 Å². The van der Waals surface area contributed by atoms with Crippen LogP contribution in [-0.2, 0) is 0 Å². The van der Waals surface area contributed by atoms with Crippen molar-refractivity contribution in [3.05, 3.63) is 46.7 Å². The molecule has 1 aliphatic rings. The molecular weight excluding hydrogens is 346 g/mol. The first-order chi connectivity index (χ1) is 12.1. The minimum Gasteiger partial charge on any atom is -0.497 e. The Bertz CT molecular complexity index is 995. The Labute approximate surface area is 148 Å². The summed E-state index contributed by atoms with van der Waals surface area (Å²) in [5.41, 5.74) is 1.76. The van der Waals surface area contributed by atoms with Crippen molar-refractivity contribution in [3.63, 3.8) is 0 Å². The van der Waals surface area contributed by atoms with E-state index in [0.29, 0.717) is 33.5 Å². The fraction of sp³-hybridized carbons (Fsp3) is 0.167. The van der Waals surface area contributed by atoms with Crippen LogP contribution in [0.5, 0.6) is 17.2 Å². The fourth-order valence-corrected chi connectivity index (χ4v) is 2.94. The molecule has 1 amide bonds. The average Bonchev–Trinajstić information content (AvgIpc) is 3.19. The highest BCUT2D eigenvalue weighted by molar-refractivity contribution is 6.34. The molecule has 0 radical (unpaired) electrons. The highest BCUT2D eigenvalue weighted by Crippen LogP contribution is 2.39. The van der Waals surface area contributed by atoms with Crippen molar-refractivity contribution in [2.45, 2.75) is 6.92 Å². The number of anilines is 1. The highest BCUT2D eigenvalue weighted by Gasteiger charge is 2.21. The predicted octanol–water partition coefficient (Wildman–Crippen LogP) is 4.38. The first-order valence-electron chi connectivity index (χ1n) is 7.54. The van der Waals surface area contributed by atoms with Gasteiger partial charge in [-0.05, 0) is 25.1 Å². The number of benzene rings is 2. The summed E-state index contributed by atoms with van der Waals surface area (Å²) in [5, 5.41) is 3.93. The molecular formula is C18H14ClNO5. The maximum Gasteiger partial charge on any atom is 0.291 e. The number of rotatable bonds is 3. The van der Waals surface area contributed by atoms with Gasteiger partial charge in [-0.25, -0.2) is 0 Å². The van der Waals surface area contributed by atoms with E-state index in [1.165, 1.54) is 0 Å². The zero-order valence-corrected chi connectivity index (χ0v) is 14.3. The summed E-state index contributed by atoms with van der Waals surface area (Å²) < 4.78 is 21.5. The fourth-order valence-electron chi connectivity index (χ4n) is 2.74.